The molecule has 2 atom stereocenters. The second-order valence-electron chi connectivity index (χ2n) is 5.18. The predicted octanol–water partition coefficient (Wildman–Crippen LogP) is 0.430. The number of morpholine rings is 1. The molecule has 1 saturated heterocycles. The maximum atomic E-state index is 12.1. The Hall–Kier alpha value is -1.93. The lowest BCUT2D eigenvalue weighted by atomic mass is 10.2. The highest BCUT2D eigenvalue weighted by atomic mass is 32.2. The summed E-state index contributed by atoms with van der Waals surface area (Å²) in [5, 5.41) is 11.7. The van der Waals surface area contributed by atoms with Crippen molar-refractivity contribution >= 4 is 22.8 Å². The molecule has 1 aromatic carbocycles. The lowest BCUT2D eigenvalue weighted by molar-refractivity contribution is -0.138. The Labute approximate surface area is 137 Å². The molecule has 0 bridgehead atoms. The zero-order valence-electron chi connectivity index (χ0n) is 12.6. The number of aliphatic carboxylic acids is 1. The van der Waals surface area contributed by atoms with Crippen LogP contribution < -0.4 is 5.32 Å². The zero-order valence-corrected chi connectivity index (χ0v) is 13.5. The summed E-state index contributed by atoms with van der Waals surface area (Å²) in [6.07, 6.45) is 0. The third kappa shape index (κ3) is 5.65. The fourth-order valence-corrected chi connectivity index (χ4v) is 3.47. The first kappa shape index (κ1) is 17.4. The molecule has 1 heterocycles. The molecule has 0 saturated carbocycles. The maximum absolute atomic E-state index is 12.1. The minimum atomic E-state index is -1.38. The Morgan fingerprint density at radius 1 is 1.26 bits per heavy atom. The second-order valence-corrected chi connectivity index (χ2v) is 6.68. The van der Waals surface area contributed by atoms with Gasteiger partial charge in [0, 0.05) is 29.6 Å². The van der Waals surface area contributed by atoms with Gasteiger partial charge in [-0.05, 0) is 5.56 Å². The lowest BCUT2D eigenvalue weighted by Gasteiger charge is -2.28. The van der Waals surface area contributed by atoms with Gasteiger partial charge < -0.3 is 20.1 Å². The molecule has 7 nitrogen and oxygen atoms in total. The van der Waals surface area contributed by atoms with E-state index in [1.165, 1.54) is 4.90 Å². The number of urea groups is 1. The second kappa shape index (κ2) is 8.64. The van der Waals surface area contributed by atoms with E-state index in [0.717, 1.165) is 5.56 Å². The minimum absolute atomic E-state index is 0.125. The molecule has 1 fully saturated rings. The van der Waals surface area contributed by atoms with E-state index in [1.807, 2.05) is 30.3 Å². The van der Waals surface area contributed by atoms with Crippen LogP contribution in [0, 0.1) is 0 Å². The van der Waals surface area contributed by atoms with Crippen molar-refractivity contribution < 1.29 is 23.6 Å². The average molecular weight is 340 g/mol. The molecule has 0 aromatic heterocycles. The molecular weight excluding hydrogens is 320 g/mol. The van der Waals surface area contributed by atoms with Gasteiger partial charge in [0.1, 0.15) is 6.04 Å². The smallest absolute Gasteiger partial charge is 0.327 e. The molecule has 2 rings (SSSR count). The highest BCUT2D eigenvalue weighted by Gasteiger charge is 2.26. The number of amides is 2. The highest BCUT2D eigenvalue weighted by molar-refractivity contribution is 7.84. The molecule has 1 aliphatic rings. The van der Waals surface area contributed by atoms with Gasteiger partial charge >= 0.3 is 12.0 Å². The molecule has 1 aliphatic heterocycles. The van der Waals surface area contributed by atoms with Gasteiger partial charge in [-0.25, -0.2) is 9.59 Å². The molecule has 2 amide bonds. The molecule has 1 unspecified atom stereocenters. The monoisotopic (exact) mass is 340 g/mol. The minimum Gasteiger partial charge on any atom is -0.480 e. The summed E-state index contributed by atoms with van der Waals surface area (Å²) in [5.41, 5.74) is 0.870. The number of carbonyl (C=O) groups is 2. The van der Waals surface area contributed by atoms with Gasteiger partial charge in [-0.15, -0.1) is 0 Å². The van der Waals surface area contributed by atoms with Gasteiger partial charge in [0.15, 0.2) is 0 Å². The van der Waals surface area contributed by atoms with E-state index in [-0.39, 0.29) is 11.5 Å². The van der Waals surface area contributed by atoms with E-state index < -0.39 is 28.8 Å². The Morgan fingerprint density at radius 3 is 2.52 bits per heavy atom. The summed E-state index contributed by atoms with van der Waals surface area (Å²) in [7, 11) is -1.38. The Morgan fingerprint density at radius 2 is 1.91 bits per heavy atom. The van der Waals surface area contributed by atoms with Crippen LogP contribution >= 0.6 is 0 Å². The van der Waals surface area contributed by atoms with Gasteiger partial charge in [0.05, 0.1) is 19.0 Å². The van der Waals surface area contributed by atoms with Crippen molar-refractivity contribution in [2.45, 2.75) is 11.8 Å². The third-order valence-electron chi connectivity index (χ3n) is 3.42. The number of rotatable bonds is 6. The van der Waals surface area contributed by atoms with Crippen LogP contribution in [0.15, 0.2) is 30.3 Å². The van der Waals surface area contributed by atoms with Crippen LogP contribution in [0.3, 0.4) is 0 Å². The fraction of sp³-hybridized carbons (Fsp3) is 0.467. The van der Waals surface area contributed by atoms with Crippen LogP contribution in [0.4, 0.5) is 4.79 Å². The molecule has 126 valence electrons. The van der Waals surface area contributed by atoms with Crippen LogP contribution in [-0.2, 0) is 26.1 Å². The molecule has 0 radical (unpaired) electrons. The summed E-state index contributed by atoms with van der Waals surface area (Å²) in [6.45, 7) is 1.72. The number of carboxylic acid groups (broad SMARTS) is 1. The van der Waals surface area contributed by atoms with Gasteiger partial charge in [0.2, 0.25) is 0 Å². The van der Waals surface area contributed by atoms with E-state index >= 15 is 0 Å². The van der Waals surface area contributed by atoms with E-state index in [9.17, 15) is 18.9 Å². The quantitative estimate of drug-likeness (QED) is 0.783. The Balaban J connectivity index is 1.89. The molecule has 2 N–H and O–H groups in total. The number of hydrogen-bond donors (Lipinski definition) is 2. The van der Waals surface area contributed by atoms with E-state index in [2.05, 4.69) is 5.32 Å². The molecule has 8 heteroatoms. The van der Waals surface area contributed by atoms with Gasteiger partial charge in [-0.3, -0.25) is 4.21 Å². The number of carbonyl (C=O) groups excluding carboxylic acids is 1. The largest absolute Gasteiger partial charge is 0.480 e. The summed E-state index contributed by atoms with van der Waals surface area (Å²) >= 11 is 0. The maximum Gasteiger partial charge on any atom is 0.327 e. The summed E-state index contributed by atoms with van der Waals surface area (Å²) in [5.74, 6) is -1.05. The number of carboxylic acids is 1. The first-order valence-corrected chi connectivity index (χ1v) is 8.80. The van der Waals surface area contributed by atoms with Crippen LogP contribution in [-0.4, -0.2) is 64.3 Å². The number of hydrogen-bond acceptors (Lipinski definition) is 4. The molecule has 1 aromatic rings. The van der Waals surface area contributed by atoms with E-state index in [4.69, 9.17) is 4.74 Å². The van der Waals surface area contributed by atoms with Crippen LogP contribution in [0.5, 0.6) is 0 Å². The summed E-state index contributed by atoms with van der Waals surface area (Å²) in [4.78, 5) is 24.9. The summed E-state index contributed by atoms with van der Waals surface area (Å²) in [6, 6.07) is 7.56. The first-order chi connectivity index (χ1) is 11.1. The number of nitrogens with zero attached hydrogens (tertiary/aromatic N) is 1. The molecule has 0 spiro atoms. The number of ether oxygens (including phenoxy) is 1. The predicted molar refractivity (Wildman–Crippen MR) is 85.5 cm³/mol. The normalized spacial score (nSPS) is 17.3. The van der Waals surface area contributed by atoms with Crippen molar-refractivity contribution in [2.24, 2.45) is 0 Å². The first-order valence-electron chi connectivity index (χ1n) is 7.31. The van der Waals surface area contributed by atoms with Crippen LogP contribution in [0.2, 0.25) is 0 Å². The molecular formula is C15H20N2O5S. The van der Waals surface area contributed by atoms with Crippen molar-refractivity contribution in [2.75, 3.05) is 32.1 Å². The third-order valence-corrected chi connectivity index (χ3v) is 4.78. The van der Waals surface area contributed by atoms with Crippen molar-refractivity contribution in [3.63, 3.8) is 0 Å². The van der Waals surface area contributed by atoms with Crippen molar-refractivity contribution in [1.29, 1.82) is 0 Å². The van der Waals surface area contributed by atoms with Gasteiger partial charge in [-0.2, -0.15) is 0 Å². The topological polar surface area (TPSA) is 95.9 Å². The lowest BCUT2D eigenvalue weighted by Crippen LogP contribution is -2.52. The zero-order chi connectivity index (χ0) is 16.7. The van der Waals surface area contributed by atoms with Crippen molar-refractivity contribution in [1.82, 2.24) is 10.2 Å². The summed E-state index contributed by atoms with van der Waals surface area (Å²) < 4.78 is 17.3. The average Bonchev–Trinajstić information content (AvgIpc) is 2.55. The van der Waals surface area contributed by atoms with Crippen molar-refractivity contribution in [3.8, 4) is 0 Å². The van der Waals surface area contributed by atoms with Gasteiger partial charge in [-0.1, -0.05) is 30.3 Å². The van der Waals surface area contributed by atoms with Crippen LogP contribution in [0.25, 0.3) is 0 Å². The molecule has 23 heavy (non-hydrogen) atoms. The van der Waals surface area contributed by atoms with Gasteiger partial charge in [0.25, 0.3) is 0 Å². The fourth-order valence-electron chi connectivity index (χ4n) is 2.19. The van der Waals surface area contributed by atoms with Crippen LogP contribution in [0.1, 0.15) is 5.56 Å². The van der Waals surface area contributed by atoms with E-state index in [1.54, 1.807) is 0 Å². The Kier molecular flexibility index (Phi) is 6.54. The SMILES string of the molecule is O=C(O)[C@H](CS(=O)Cc1ccccc1)NC(=O)N1CCOCC1. The molecule has 0 aliphatic carbocycles. The standard InChI is InChI=1S/C15H20N2O5S/c18-14(19)13(16-15(20)17-6-8-22-9-7-17)11-23(21)10-12-4-2-1-3-5-12/h1-5,13H,6-11H2,(H,16,20)(H,18,19)/t13-,23?/m0/s1. The Bertz CT molecular complexity index is 560. The highest BCUT2D eigenvalue weighted by Crippen LogP contribution is 2.05. The van der Waals surface area contributed by atoms with E-state index in [0.29, 0.717) is 26.3 Å². The van der Waals surface area contributed by atoms with Crippen molar-refractivity contribution in [3.05, 3.63) is 35.9 Å². The number of nitrogens with one attached hydrogen (secondary N) is 1. The number of benzene rings is 1.